The molecule has 1 N–H and O–H groups in total. The minimum absolute atomic E-state index is 0.0337. The Hall–Kier alpha value is -3.08. The van der Waals surface area contributed by atoms with Crippen LogP contribution in [0.25, 0.3) is 0 Å². The number of hydrogen-bond acceptors (Lipinski definition) is 10. The fraction of sp³-hybridized carbons (Fsp3) is 0.857. The number of unbranched alkanes of at least 4 members (excludes halogenated alkanes) is 22. The van der Waals surface area contributed by atoms with Gasteiger partial charge in [0.2, 0.25) is 0 Å². The van der Waals surface area contributed by atoms with E-state index in [0.717, 1.165) is 122 Å². The van der Waals surface area contributed by atoms with Crippen molar-refractivity contribution in [2.24, 2.45) is 5.92 Å². The summed E-state index contributed by atoms with van der Waals surface area (Å²) < 4.78 is 27.6. The van der Waals surface area contributed by atoms with Crippen LogP contribution < -0.4 is 5.32 Å². The van der Waals surface area contributed by atoms with Gasteiger partial charge in [-0.1, -0.05) is 174 Å². The number of carbonyl (C=O) groups excluding carboxylic acids is 4. The lowest BCUT2D eigenvalue weighted by atomic mass is 10.0. The molecule has 0 rings (SSSR count). The summed E-state index contributed by atoms with van der Waals surface area (Å²) in [6.07, 6.45) is 42.7. The Morgan fingerprint density at radius 2 is 0.955 bits per heavy atom. The van der Waals surface area contributed by atoms with Crippen LogP contribution in [0.15, 0.2) is 24.3 Å². The molecule has 0 aromatic heterocycles. The molecule has 0 saturated heterocycles. The average Bonchev–Trinajstić information content (AvgIpc) is 3.32. The van der Waals surface area contributed by atoms with Gasteiger partial charge in [0.25, 0.3) is 0 Å². The van der Waals surface area contributed by atoms with Crippen LogP contribution in [0, 0.1) is 5.92 Å². The summed E-state index contributed by atoms with van der Waals surface area (Å²) in [7, 11) is 0. The van der Waals surface area contributed by atoms with E-state index in [1.54, 1.807) is 0 Å². The Labute approximate surface area is 411 Å². The summed E-state index contributed by atoms with van der Waals surface area (Å²) >= 11 is 0. The minimum Gasteiger partial charge on any atom is -0.465 e. The lowest BCUT2D eigenvalue weighted by Crippen LogP contribution is -2.31. The first kappa shape index (κ1) is 63.9. The van der Waals surface area contributed by atoms with E-state index >= 15 is 0 Å². The second-order valence-electron chi connectivity index (χ2n) is 18.6. The number of alkyl carbamates (subject to hydrolysis) is 1. The monoisotopic (exact) mass is 949 g/mol. The summed E-state index contributed by atoms with van der Waals surface area (Å²) in [5.74, 6) is -0.910. The predicted octanol–water partition coefficient (Wildman–Crippen LogP) is 15.3. The molecule has 0 heterocycles. The molecule has 0 radical (unpaired) electrons. The summed E-state index contributed by atoms with van der Waals surface area (Å²) in [4.78, 5) is 52.5. The van der Waals surface area contributed by atoms with E-state index in [-0.39, 0.29) is 44.5 Å². The van der Waals surface area contributed by atoms with Crippen LogP contribution in [0.3, 0.4) is 0 Å². The number of hydrogen-bond donors (Lipinski definition) is 1. The van der Waals surface area contributed by atoms with Crippen LogP contribution in [0.1, 0.15) is 247 Å². The first-order valence-electron chi connectivity index (χ1n) is 27.9. The molecule has 0 spiro atoms. The molecule has 0 aromatic rings. The zero-order valence-corrected chi connectivity index (χ0v) is 44.1. The third kappa shape index (κ3) is 46.4. The maximum Gasteiger partial charge on any atom is 0.508 e. The Bertz CT molecular complexity index is 1180. The standard InChI is InChI=1S/C56H104N2O9/c1-6-11-14-17-20-21-22-23-24-25-26-27-28-32-37-43-53(59)64-48-51(50-66-56(62)63-47-40-46-58(9-4)10-5)49-65-55(61)57-45-39-34-29-33-38-44-54(60)67-52(41-35-30-18-15-12-7-2)42-36-31-19-16-13-8-3/h20-21,23-24,51-52H,6-19,22,25-50H2,1-5H3,(H,57,61)/b21-20-,24-23-. The van der Waals surface area contributed by atoms with E-state index in [2.05, 4.69) is 69.1 Å². The predicted molar refractivity (Wildman–Crippen MR) is 276 cm³/mol. The summed E-state index contributed by atoms with van der Waals surface area (Å²) in [5.41, 5.74) is 0. The molecule has 0 fully saturated rings. The molecule has 1 unspecified atom stereocenters. The van der Waals surface area contributed by atoms with Gasteiger partial charge < -0.3 is 33.9 Å². The van der Waals surface area contributed by atoms with Crippen LogP contribution in [0.4, 0.5) is 9.59 Å². The Balaban J connectivity index is 4.55. The number of nitrogens with one attached hydrogen (secondary N) is 1. The Kier molecular flexibility index (Phi) is 48.5. The molecule has 0 aliphatic carbocycles. The largest absolute Gasteiger partial charge is 0.508 e. The van der Waals surface area contributed by atoms with E-state index < -0.39 is 18.2 Å². The Morgan fingerprint density at radius 3 is 1.55 bits per heavy atom. The quantitative estimate of drug-likeness (QED) is 0.0272. The number of esters is 2. The van der Waals surface area contributed by atoms with Gasteiger partial charge in [-0.05, 0) is 96.6 Å². The molecule has 11 heteroatoms. The third-order valence-corrected chi connectivity index (χ3v) is 12.3. The highest BCUT2D eigenvalue weighted by atomic mass is 16.7. The smallest absolute Gasteiger partial charge is 0.465 e. The molecule has 0 aromatic carbocycles. The van der Waals surface area contributed by atoms with Gasteiger partial charge in [-0.3, -0.25) is 9.59 Å². The van der Waals surface area contributed by atoms with E-state index in [9.17, 15) is 19.2 Å². The van der Waals surface area contributed by atoms with Gasteiger partial charge in [-0.25, -0.2) is 9.59 Å². The number of amides is 1. The van der Waals surface area contributed by atoms with Gasteiger partial charge >= 0.3 is 24.2 Å². The zero-order valence-electron chi connectivity index (χ0n) is 44.1. The molecule has 0 aliphatic heterocycles. The minimum atomic E-state index is -0.793. The first-order valence-corrected chi connectivity index (χ1v) is 27.9. The lowest BCUT2D eigenvalue weighted by molar-refractivity contribution is -0.150. The summed E-state index contributed by atoms with van der Waals surface area (Å²) in [5, 5.41) is 2.80. The second kappa shape index (κ2) is 50.8. The highest BCUT2D eigenvalue weighted by Gasteiger charge is 2.19. The number of allylic oxidation sites excluding steroid dienone is 4. The van der Waals surface area contributed by atoms with Crippen LogP contribution in [0.2, 0.25) is 0 Å². The molecule has 0 bridgehead atoms. The molecule has 392 valence electrons. The fourth-order valence-corrected chi connectivity index (χ4v) is 7.89. The molecular formula is C56H104N2O9. The fourth-order valence-electron chi connectivity index (χ4n) is 7.89. The van der Waals surface area contributed by atoms with Crippen LogP contribution in [-0.4, -0.2) is 87.8 Å². The van der Waals surface area contributed by atoms with Crippen LogP contribution in [0.5, 0.6) is 0 Å². The highest BCUT2D eigenvalue weighted by Crippen LogP contribution is 2.19. The topological polar surface area (TPSA) is 130 Å². The molecule has 0 saturated carbocycles. The van der Waals surface area contributed by atoms with Crippen molar-refractivity contribution in [2.45, 2.75) is 253 Å². The number of rotatable bonds is 49. The maximum atomic E-state index is 12.8. The average molecular weight is 949 g/mol. The number of nitrogens with zero attached hydrogens (tertiary/aromatic N) is 1. The molecule has 67 heavy (non-hydrogen) atoms. The van der Waals surface area contributed by atoms with Crippen LogP contribution in [-0.2, 0) is 33.3 Å². The van der Waals surface area contributed by atoms with Crippen molar-refractivity contribution in [2.75, 3.05) is 52.6 Å². The summed E-state index contributed by atoms with van der Waals surface area (Å²) in [6.45, 7) is 14.1. The van der Waals surface area contributed by atoms with Crippen molar-refractivity contribution in [3.05, 3.63) is 24.3 Å². The lowest BCUT2D eigenvalue weighted by Gasteiger charge is -2.18. The van der Waals surface area contributed by atoms with Crippen molar-refractivity contribution in [3.8, 4) is 0 Å². The van der Waals surface area contributed by atoms with Crippen LogP contribution >= 0.6 is 0 Å². The van der Waals surface area contributed by atoms with E-state index in [1.165, 1.54) is 89.9 Å². The Morgan fingerprint density at radius 1 is 0.478 bits per heavy atom. The van der Waals surface area contributed by atoms with E-state index in [4.69, 9.17) is 23.7 Å². The van der Waals surface area contributed by atoms with Gasteiger partial charge in [0, 0.05) is 25.9 Å². The second-order valence-corrected chi connectivity index (χ2v) is 18.6. The zero-order chi connectivity index (χ0) is 49.1. The van der Waals surface area contributed by atoms with Gasteiger partial charge in [0.05, 0.1) is 12.5 Å². The normalized spacial score (nSPS) is 12.0. The molecule has 1 atom stereocenters. The van der Waals surface area contributed by atoms with Gasteiger partial charge in [0.1, 0.15) is 25.9 Å². The van der Waals surface area contributed by atoms with Gasteiger partial charge in [-0.2, -0.15) is 0 Å². The van der Waals surface area contributed by atoms with E-state index in [1.807, 2.05) is 0 Å². The van der Waals surface area contributed by atoms with Crippen molar-refractivity contribution < 1.29 is 42.9 Å². The molecule has 11 nitrogen and oxygen atoms in total. The first-order chi connectivity index (χ1) is 32.8. The molecule has 1 amide bonds. The molecule has 0 aliphatic rings. The number of ether oxygens (including phenoxy) is 5. The molecular weight excluding hydrogens is 845 g/mol. The van der Waals surface area contributed by atoms with Crippen molar-refractivity contribution in [1.82, 2.24) is 10.2 Å². The van der Waals surface area contributed by atoms with E-state index in [0.29, 0.717) is 25.8 Å². The van der Waals surface area contributed by atoms with Gasteiger partial charge in [0.15, 0.2) is 0 Å². The van der Waals surface area contributed by atoms with Crippen molar-refractivity contribution >= 4 is 24.2 Å². The highest BCUT2D eigenvalue weighted by molar-refractivity contribution is 5.69. The SMILES string of the molecule is CCCCC/C=C\C/C=C\CCCCCCCC(=O)OCC(COC(=O)NCCCCCCCC(=O)OC(CCCCCCCC)CCCCCCCC)COC(=O)OCCCN(CC)CC. The third-order valence-electron chi connectivity index (χ3n) is 12.3. The van der Waals surface area contributed by atoms with Crippen molar-refractivity contribution in [1.29, 1.82) is 0 Å². The van der Waals surface area contributed by atoms with Crippen molar-refractivity contribution in [3.63, 3.8) is 0 Å². The summed E-state index contributed by atoms with van der Waals surface area (Å²) in [6, 6.07) is 0. The van der Waals surface area contributed by atoms with Gasteiger partial charge in [-0.15, -0.1) is 0 Å². The number of carbonyl (C=O) groups is 4. The maximum absolute atomic E-state index is 12.8.